The van der Waals surface area contributed by atoms with Gasteiger partial charge < -0.3 is 29.0 Å². The first kappa shape index (κ1) is 21.2. The second kappa shape index (κ2) is 9.10. The van der Waals surface area contributed by atoms with Crippen molar-refractivity contribution in [2.45, 2.75) is 19.0 Å². The van der Waals surface area contributed by atoms with E-state index >= 15 is 0 Å². The summed E-state index contributed by atoms with van der Waals surface area (Å²) in [6.07, 6.45) is 2.31. The number of fused-ring (bicyclic) bond motifs is 3. The summed E-state index contributed by atoms with van der Waals surface area (Å²) in [5.41, 5.74) is 3.40. The van der Waals surface area contributed by atoms with Crippen LogP contribution in [0.2, 0.25) is 0 Å². The molecule has 5 rings (SSSR count). The molecular weight excluding hydrogens is 418 g/mol. The summed E-state index contributed by atoms with van der Waals surface area (Å²) in [4.78, 5) is 18.1. The van der Waals surface area contributed by atoms with Crippen molar-refractivity contribution in [3.8, 4) is 11.5 Å². The van der Waals surface area contributed by atoms with Crippen molar-refractivity contribution in [2.24, 2.45) is 5.92 Å². The predicted molar refractivity (Wildman–Crippen MR) is 127 cm³/mol. The molecule has 0 saturated carbocycles. The maximum Gasteiger partial charge on any atom is 0.225 e. The lowest BCUT2D eigenvalue weighted by Crippen LogP contribution is -2.61. The molecule has 2 unspecified atom stereocenters. The number of anilines is 2. The highest BCUT2D eigenvalue weighted by Crippen LogP contribution is 2.40. The molecule has 2 aliphatic rings. The van der Waals surface area contributed by atoms with Gasteiger partial charge in [-0.2, -0.15) is 0 Å². The molecule has 1 N–H and O–H groups in total. The van der Waals surface area contributed by atoms with Crippen LogP contribution in [0, 0.1) is 5.92 Å². The van der Waals surface area contributed by atoms with Gasteiger partial charge in [0.25, 0.3) is 0 Å². The molecule has 0 radical (unpaired) electrons. The van der Waals surface area contributed by atoms with Crippen LogP contribution >= 0.6 is 0 Å². The Labute approximate surface area is 193 Å². The maximum atomic E-state index is 13.4. The second-order valence-corrected chi connectivity index (χ2v) is 8.48. The Bertz CT molecular complexity index is 1110. The van der Waals surface area contributed by atoms with E-state index in [1.54, 1.807) is 20.5 Å². The molecule has 0 bridgehead atoms. The number of amides is 1. The first-order valence-corrected chi connectivity index (χ1v) is 11.3. The van der Waals surface area contributed by atoms with Crippen LogP contribution in [-0.2, 0) is 17.8 Å². The first-order valence-electron chi connectivity index (χ1n) is 11.3. The third-order valence-electron chi connectivity index (χ3n) is 6.70. The summed E-state index contributed by atoms with van der Waals surface area (Å²) >= 11 is 0. The van der Waals surface area contributed by atoms with Gasteiger partial charge in [-0.3, -0.25) is 4.79 Å². The fourth-order valence-corrected chi connectivity index (χ4v) is 5.03. The highest BCUT2D eigenvalue weighted by Gasteiger charge is 2.42. The van der Waals surface area contributed by atoms with Gasteiger partial charge in [0.1, 0.15) is 17.3 Å². The Morgan fingerprint density at radius 3 is 2.73 bits per heavy atom. The van der Waals surface area contributed by atoms with E-state index in [1.807, 2.05) is 36.4 Å². The number of furan rings is 1. The van der Waals surface area contributed by atoms with Gasteiger partial charge >= 0.3 is 0 Å². The van der Waals surface area contributed by atoms with E-state index in [2.05, 4.69) is 33.3 Å². The monoisotopic (exact) mass is 447 g/mol. The van der Waals surface area contributed by atoms with Crippen molar-refractivity contribution in [3.05, 3.63) is 72.2 Å². The quantitative estimate of drug-likeness (QED) is 0.624. The van der Waals surface area contributed by atoms with Crippen molar-refractivity contribution < 1.29 is 18.7 Å². The number of benzene rings is 2. The summed E-state index contributed by atoms with van der Waals surface area (Å²) in [6, 6.07) is 18.0. The number of nitrogens with zero attached hydrogens (tertiary/aromatic N) is 2. The first-order chi connectivity index (χ1) is 16.2. The summed E-state index contributed by atoms with van der Waals surface area (Å²) < 4.78 is 16.5. The van der Waals surface area contributed by atoms with E-state index in [9.17, 15) is 4.79 Å². The predicted octanol–water partition coefficient (Wildman–Crippen LogP) is 3.48. The standard InChI is InChI=1S/C26H29N3O4/c1-31-19-10-9-18-14-21(26(30)27-16-20-6-5-13-33-20)24-17-28(11-12-29(24)23(18)15-19)22-7-3-4-8-25(22)32-2/h3-10,13,15,21,24H,11-12,14,16-17H2,1-2H3,(H,27,30). The zero-order valence-electron chi connectivity index (χ0n) is 19.0. The fraction of sp³-hybridized carbons (Fsp3) is 0.346. The molecule has 2 atom stereocenters. The largest absolute Gasteiger partial charge is 0.497 e. The summed E-state index contributed by atoms with van der Waals surface area (Å²) in [5.74, 6) is 2.30. The number of hydrogen-bond acceptors (Lipinski definition) is 6. The van der Waals surface area contributed by atoms with Crippen molar-refractivity contribution in [1.82, 2.24) is 5.32 Å². The molecule has 172 valence electrons. The number of methoxy groups -OCH3 is 2. The molecule has 1 amide bonds. The number of nitrogens with one attached hydrogen (secondary N) is 1. The number of rotatable bonds is 6. The SMILES string of the molecule is COc1ccc2c(c1)N1CCN(c3ccccc3OC)CC1C(C(=O)NCc1ccco1)C2. The molecule has 3 heterocycles. The van der Waals surface area contributed by atoms with Gasteiger partial charge in [-0.1, -0.05) is 18.2 Å². The van der Waals surface area contributed by atoms with Crippen LogP contribution < -0.4 is 24.6 Å². The average molecular weight is 448 g/mol. The molecule has 1 saturated heterocycles. The van der Waals surface area contributed by atoms with Gasteiger partial charge in [-0.05, 0) is 42.3 Å². The normalized spacial score (nSPS) is 19.5. The van der Waals surface area contributed by atoms with Crippen LogP contribution in [0.25, 0.3) is 0 Å². The molecule has 2 aromatic carbocycles. The number of carbonyl (C=O) groups is 1. The number of ether oxygens (including phenoxy) is 2. The molecule has 33 heavy (non-hydrogen) atoms. The third kappa shape index (κ3) is 4.11. The van der Waals surface area contributed by atoms with Gasteiger partial charge in [-0.15, -0.1) is 0 Å². The third-order valence-corrected chi connectivity index (χ3v) is 6.70. The number of hydrogen-bond donors (Lipinski definition) is 1. The Balaban J connectivity index is 1.45. The van der Waals surface area contributed by atoms with Crippen LogP contribution in [0.15, 0.2) is 65.3 Å². The van der Waals surface area contributed by atoms with Crippen molar-refractivity contribution >= 4 is 17.3 Å². The average Bonchev–Trinajstić information content (AvgIpc) is 3.40. The van der Waals surface area contributed by atoms with Crippen molar-refractivity contribution in [1.29, 1.82) is 0 Å². The molecular formula is C26H29N3O4. The smallest absolute Gasteiger partial charge is 0.225 e. The Morgan fingerprint density at radius 2 is 1.94 bits per heavy atom. The number of para-hydroxylation sites is 2. The highest BCUT2D eigenvalue weighted by atomic mass is 16.5. The van der Waals surface area contributed by atoms with Crippen molar-refractivity contribution in [2.75, 3.05) is 43.7 Å². The van der Waals surface area contributed by atoms with Crippen LogP contribution in [0.4, 0.5) is 11.4 Å². The molecule has 0 aliphatic carbocycles. The van der Waals surface area contributed by atoms with E-state index < -0.39 is 0 Å². The Hall–Kier alpha value is -3.61. The second-order valence-electron chi connectivity index (χ2n) is 8.48. The van der Waals surface area contributed by atoms with Crippen LogP contribution in [0.1, 0.15) is 11.3 Å². The zero-order chi connectivity index (χ0) is 22.8. The zero-order valence-corrected chi connectivity index (χ0v) is 19.0. The van der Waals surface area contributed by atoms with E-state index in [0.717, 1.165) is 48.3 Å². The lowest BCUT2D eigenvalue weighted by atomic mass is 9.83. The van der Waals surface area contributed by atoms with Crippen LogP contribution in [0.3, 0.4) is 0 Å². The van der Waals surface area contributed by atoms with Gasteiger partial charge in [-0.25, -0.2) is 0 Å². The minimum absolute atomic E-state index is 0.0277. The van der Waals surface area contributed by atoms with Gasteiger partial charge in [0.15, 0.2) is 0 Å². The topological polar surface area (TPSA) is 67.2 Å². The van der Waals surface area contributed by atoms with Crippen LogP contribution in [0.5, 0.6) is 11.5 Å². The van der Waals surface area contributed by atoms with Gasteiger partial charge in [0, 0.05) is 31.4 Å². The van der Waals surface area contributed by atoms with Gasteiger partial charge in [0.05, 0.1) is 44.7 Å². The van der Waals surface area contributed by atoms with Gasteiger partial charge in [0.2, 0.25) is 5.91 Å². The summed E-state index contributed by atoms with van der Waals surface area (Å²) in [5, 5.41) is 3.09. The Kier molecular flexibility index (Phi) is 5.86. The minimum atomic E-state index is -0.182. The Morgan fingerprint density at radius 1 is 1.06 bits per heavy atom. The van der Waals surface area contributed by atoms with Crippen molar-refractivity contribution in [3.63, 3.8) is 0 Å². The van der Waals surface area contributed by atoms with Crippen LogP contribution in [-0.4, -0.2) is 45.8 Å². The molecule has 7 nitrogen and oxygen atoms in total. The van der Waals surface area contributed by atoms with E-state index in [1.165, 1.54) is 5.56 Å². The molecule has 3 aromatic rings. The summed E-state index contributed by atoms with van der Waals surface area (Å²) in [7, 11) is 3.38. The van der Waals surface area contributed by atoms with E-state index in [0.29, 0.717) is 13.0 Å². The van der Waals surface area contributed by atoms with E-state index in [-0.39, 0.29) is 17.9 Å². The molecule has 7 heteroatoms. The van der Waals surface area contributed by atoms with E-state index in [4.69, 9.17) is 13.9 Å². The minimum Gasteiger partial charge on any atom is -0.497 e. The molecule has 1 fully saturated rings. The lowest BCUT2D eigenvalue weighted by Gasteiger charge is -2.49. The molecule has 0 spiro atoms. The lowest BCUT2D eigenvalue weighted by molar-refractivity contribution is -0.126. The fourth-order valence-electron chi connectivity index (χ4n) is 5.03. The number of piperazine rings is 1. The molecule has 2 aliphatic heterocycles. The maximum absolute atomic E-state index is 13.4. The summed E-state index contributed by atoms with van der Waals surface area (Å²) in [6.45, 7) is 2.77. The highest BCUT2D eigenvalue weighted by molar-refractivity contribution is 5.82. The number of carbonyl (C=O) groups excluding carboxylic acids is 1. The molecule has 1 aromatic heterocycles.